The molecular weight excluding hydrogens is 380 g/mol. The summed E-state index contributed by atoms with van der Waals surface area (Å²) in [6.07, 6.45) is 2.01. The van der Waals surface area contributed by atoms with Crippen LogP contribution >= 0.6 is 11.3 Å². The zero-order valence-corrected chi connectivity index (χ0v) is 17.0. The summed E-state index contributed by atoms with van der Waals surface area (Å²) in [6.45, 7) is 7.29. The number of aryl methyl sites for hydroxylation is 2. The van der Waals surface area contributed by atoms with Crippen molar-refractivity contribution in [1.82, 2.24) is 4.98 Å². The first-order chi connectivity index (χ1) is 13.3. The number of rotatable bonds is 7. The van der Waals surface area contributed by atoms with E-state index in [4.69, 9.17) is 4.74 Å². The maximum Gasteiger partial charge on any atom is 0.331 e. The molecule has 1 aromatic heterocycles. The van der Waals surface area contributed by atoms with E-state index in [2.05, 4.69) is 9.72 Å². The van der Waals surface area contributed by atoms with Crippen molar-refractivity contribution in [3.63, 3.8) is 0 Å². The molecule has 1 heterocycles. The van der Waals surface area contributed by atoms with Crippen LogP contribution in [0.3, 0.4) is 0 Å². The van der Waals surface area contributed by atoms with Crippen LogP contribution < -0.4 is 4.90 Å². The van der Waals surface area contributed by atoms with Gasteiger partial charge in [-0.1, -0.05) is 6.07 Å². The number of benzene rings is 1. The summed E-state index contributed by atoms with van der Waals surface area (Å²) in [5, 5.41) is 2.21. The number of anilines is 2. The molecule has 0 aliphatic heterocycles. The number of hydrogen-bond donors (Lipinski definition) is 0. The fourth-order valence-corrected chi connectivity index (χ4v) is 3.15. The molecule has 0 atom stereocenters. The molecule has 2 aromatic rings. The third-order valence-electron chi connectivity index (χ3n) is 3.80. The van der Waals surface area contributed by atoms with Crippen LogP contribution in [0.15, 0.2) is 35.7 Å². The van der Waals surface area contributed by atoms with E-state index in [1.807, 2.05) is 32.0 Å². The molecule has 0 fully saturated rings. The Kier molecular flexibility index (Phi) is 7.45. The molecule has 28 heavy (non-hydrogen) atoms. The van der Waals surface area contributed by atoms with Crippen LogP contribution in [0.2, 0.25) is 0 Å². The van der Waals surface area contributed by atoms with Gasteiger partial charge in [0.15, 0.2) is 5.13 Å². The van der Waals surface area contributed by atoms with Crippen molar-refractivity contribution in [3.05, 3.63) is 52.6 Å². The first-order valence-corrected chi connectivity index (χ1v) is 9.53. The summed E-state index contributed by atoms with van der Waals surface area (Å²) in [5.41, 5.74) is 3.44. The predicted octanol–water partition coefficient (Wildman–Crippen LogP) is 3.61. The molecular formula is C20H22N2O5S. The largest absolute Gasteiger partial charge is 0.463 e. The van der Waals surface area contributed by atoms with Crippen LogP contribution in [0.5, 0.6) is 0 Å². The lowest BCUT2D eigenvalue weighted by molar-refractivity contribution is -0.141. The lowest BCUT2D eigenvalue weighted by Crippen LogP contribution is -2.22. The Bertz CT molecular complexity index is 904. The van der Waals surface area contributed by atoms with E-state index < -0.39 is 11.9 Å². The maximum absolute atomic E-state index is 12.2. The smallest absolute Gasteiger partial charge is 0.331 e. The number of hydrogen-bond acceptors (Lipinski definition) is 7. The summed E-state index contributed by atoms with van der Waals surface area (Å²) < 4.78 is 9.74. The van der Waals surface area contributed by atoms with Gasteiger partial charge in [0.1, 0.15) is 6.61 Å². The van der Waals surface area contributed by atoms with Crippen molar-refractivity contribution < 1.29 is 23.9 Å². The van der Waals surface area contributed by atoms with Gasteiger partial charge in [-0.2, -0.15) is 0 Å². The van der Waals surface area contributed by atoms with Gasteiger partial charge in [-0.15, -0.1) is 11.3 Å². The maximum atomic E-state index is 12.2. The highest BCUT2D eigenvalue weighted by Gasteiger charge is 2.18. The Balaban J connectivity index is 2.06. The lowest BCUT2D eigenvalue weighted by atomic mass is 10.1. The van der Waals surface area contributed by atoms with Crippen molar-refractivity contribution in [3.8, 4) is 0 Å². The molecule has 0 spiro atoms. The molecule has 0 N–H and O–H groups in total. The van der Waals surface area contributed by atoms with E-state index in [1.165, 1.54) is 23.2 Å². The van der Waals surface area contributed by atoms with Crippen LogP contribution in [0, 0.1) is 13.8 Å². The van der Waals surface area contributed by atoms with E-state index in [0.29, 0.717) is 10.8 Å². The van der Waals surface area contributed by atoms with E-state index in [0.717, 1.165) is 29.0 Å². The Morgan fingerprint density at radius 2 is 1.79 bits per heavy atom. The third-order valence-corrected chi connectivity index (χ3v) is 4.67. The fourth-order valence-electron chi connectivity index (χ4n) is 2.28. The van der Waals surface area contributed by atoms with Crippen molar-refractivity contribution in [2.45, 2.75) is 34.3 Å². The minimum absolute atomic E-state index is 0.0683. The van der Waals surface area contributed by atoms with Gasteiger partial charge in [-0.3, -0.25) is 9.69 Å². The molecule has 0 radical (unpaired) electrons. The second-order valence-electron chi connectivity index (χ2n) is 5.94. The summed E-state index contributed by atoms with van der Waals surface area (Å²) in [5.74, 6) is -1.46. The van der Waals surface area contributed by atoms with Crippen LogP contribution in [0.25, 0.3) is 0 Å². The SMILES string of the molecule is CCOC(=O)/C=C/C(=O)OCc1csc(N(C(C)=O)c2ccc(C)c(C)c2)n1. The third kappa shape index (κ3) is 5.75. The molecule has 0 aliphatic carbocycles. The average Bonchev–Trinajstić information content (AvgIpc) is 3.09. The Morgan fingerprint density at radius 1 is 1.11 bits per heavy atom. The number of esters is 2. The number of aromatic nitrogens is 1. The molecule has 7 nitrogen and oxygen atoms in total. The normalized spacial score (nSPS) is 10.7. The highest BCUT2D eigenvalue weighted by Crippen LogP contribution is 2.30. The summed E-state index contributed by atoms with van der Waals surface area (Å²) in [6, 6.07) is 5.75. The Hall–Kier alpha value is -3.00. The van der Waals surface area contributed by atoms with Crippen LogP contribution in [-0.2, 0) is 30.5 Å². The first-order valence-electron chi connectivity index (χ1n) is 8.65. The van der Waals surface area contributed by atoms with Gasteiger partial charge in [0, 0.05) is 24.5 Å². The Labute approximate surface area is 167 Å². The molecule has 1 aromatic carbocycles. The Morgan fingerprint density at radius 3 is 2.39 bits per heavy atom. The number of amides is 1. The highest BCUT2D eigenvalue weighted by atomic mass is 32.1. The average molecular weight is 402 g/mol. The van der Waals surface area contributed by atoms with Gasteiger partial charge >= 0.3 is 11.9 Å². The number of ether oxygens (including phenoxy) is 2. The van der Waals surface area contributed by atoms with Gasteiger partial charge in [0.2, 0.25) is 5.91 Å². The summed E-state index contributed by atoms with van der Waals surface area (Å²) in [7, 11) is 0. The van der Waals surface area contributed by atoms with Gasteiger partial charge in [0.25, 0.3) is 0 Å². The van der Waals surface area contributed by atoms with Crippen molar-refractivity contribution in [1.29, 1.82) is 0 Å². The second kappa shape index (κ2) is 9.80. The highest BCUT2D eigenvalue weighted by molar-refractivity contribution is 7.14. The van der Waals surface area contributed by atoms with Crippen LogP contribution in [-0.4, -0.2) is 29.4 Å². The number of thiazole rings is 1. The van der Waals surface area contributed by atoms with Gasteiger partial charge < -0.3 is 9.47 Å². The molecule has 1 amide bonds. The molecule has 8 heteroatoms. The van der Waals surface area contributed by atoms with Gasteiger partial charge in [-0.25, -0.2) is 14.6 Å². The van der Waals surface area contributed by atoms with E-state index in [-0.39, 0.29) is 19.1 Å². The molecule has 0 saturated carbocycles. The van der Waals surface area contributed by atoms with Crippen LogP contribution in [0.1, 0.15) is 30.7 Å². The zero-order chi connectivity index (χ0) is 20.7. The van der Waals surface area contributed by atoms with Gasteiger partial charge in [-0.05, 0) is 44.0 Å². The first kappa shape index (κ1) is 21.3. The predicted molar refractivity (Wildman–Crippen MR) is 106 cm³/mol. The fraction of sp³-hybridized carbons (Fsp3) is 0.300. The molecule has 0 saturated heterocycles. The molecule has 0 bridgehead atoms. The van der Waals surface area contributed by atoms with Crippen molar-refractivity contribution in [2.24, 2.45) is 0 Å². The number of nitrogens with zero attached hydrogens (tertiary/aromatic N) is 2. The zero-order valence-electron chi connectivity index (χ0n) is 16.2. The van der Waals surface area contributed by atoms with E-state index in [9.17, 15) is 14.4 Å². The summed E-state index contributed by atoms with van der Waals surface area (Å²) in [4.78, 5) is 40.9. The lowest BCUT2D eigenvalue weighted by Gasteiger charge is -2.19. The second-order valence-corrected chi connectivity index (χ2v) is 6.77. The molecule has 148 valence electrons. The van der Waals surface area contributed by atoms with E-state index in [1.54, 1.807) is 12.3 Å². The standard InChI is InChI=1S/C20H22N2O5S/c1-5-26-18(24)8-9-19(25)27-11-16-12-28-20(21-16)22(15(4)23)17-7-6-13(2)14(3)10-17/h6-10,12H,5,11H2,1-4H3/b9-8+. The topological polar surface area (TPSA) is 85.8 Å². The van der Waals surface area contributed by atoms with Crippen molar-refractivity contribution >= 4 is 40.0 Å². The minimum Gasteiger partial charge on any atom is -0.463 e. The molecule has 2 rings (SSSR count). The summed E-state index contributed by atoms with van der Waals surface area (Å²) >= 11 is 1.28. The minimum atomic E-state index is -0.680. The monoisotopic (exact) mass is 402 g/mol. The number of carbonyl (C=O) groups is 3. The van der Waals surface area contributed by atoms with E-state index >= 15 is 0 Å². The molecule has 0 unspecified atom stereocenters. The van der Waals surface area contributed by atoms with Crippen LogP contribution in [0.4, 0.5) is 10.8 Å². The molecule has 0 aliphatic rings. The van der Waals surface area contributed by atoms with Gasteiger partial charge in [0.05, 0.1) is 18.0 Å². The number of carbonyl (C=O) groups excluding carboxylic acids is 3. The quantitative estimate of drug-likeness (QED) is 0.519. The van der Waals surface area contributed by atoms with Crippen molar-refractivity contribution in [2.75, 3.05) is 11.5 Å².